The zero-order valence-electron chi connectivity index (χ0n) is 10.7. The van der Waals surface area contributed by atoms with E-state index in [1.54, 1.807) is 10.7 Å². The van der Waals surface area contributed by atoms with Crippen LogP contribution in [-0.4, -0.2) is 20.2 Å². The lowest BCUT2D eigenvalue weighted by atomic mass is 10.0. The summed E-state index contributed by atoms with van der Waals surface area (Å²) in [5.41, 5.74) is 6.34. The van der Waals surface area contributed by atoms with E-state index in [0.29, 0.717) is 17.1 Å². The fourth-order valence-corrected chi connectivity index (χ4v) is 1.67. The molecular formula is C12H16FN5. The van der Waals surface area contributed by atoms with E-state index >= 15 is 0 Å². The molecule has 1 heterocycles. The normalized spacial score (nSPS) is 11.8. The molecule has 0 aliphatic carbocycles. The first-order valence-corrected chi connectivity index (χ1v) is 5.79. The number of hydrogen-bond acceptors (Lipinski definition) is 4. The molecule has 18 heavy (non-hydrogen) atoms. The zero-order valence-corrected chi connectivity index (χ0v) is 10.7. The van der Waals surface area contributed by atoms with Gasteiger partial charge < -0.3 is 5.73 Å². The lowest BCUT2D eigenvalue weighted by Gasteiger charge is -2.23. The minimum atomic E-state index is -0.395. The van der Waals surface area contributed by atoms with Crippen molar-refractivity contribution in [3.05, 3.63) is 24.0 Å². The number of hydrogen-bond donors (Lipinski definition) is 1. The third-order valence-corrected chi connectivity index (χ3v) is 3.09. The van der Waals surface area contributed by atoms with Crippen LogP contribution < -0.4 is 5.73 Å². The summed E-state index contributed by atoms with van der Waals surface area (Å²) in [5, 5.41) is 11.6. The molecule has 1 aromatic carbocycles. The number of halogens is 1. The molecule has 0 aliphatic heterocycles. The van der Waals surface area contributed by atoms with Gasteiger partial charge in [-0.2, -0.15) is 0 Å². The van der Waals surface area contributed by atoms with Gasteiger partial charge in [-0.15, -0.1) is 5.10 Å². The van der Waals surface area contributed by atoms with Crippen molar-refractivity contribution in [2.75, 3.05) is 5.73 Å². The van der Waals surface area contributed by atoms with Gasteiger partial charge in [-0.25, -0.2) is 9.07 Å². The highest BCUT2D eigenvalue weighted by Crippen LogP contribution is 2.26. The van der Waals surface area contributed by atoms with Gasteiger partial charge in [0.1, 0.15) is 5.82 Å². The van der Waals surface area contributed by atoms with E-state index in [2.05, 4.69) is 15.5 Å². The van der Waals surface area contributed by atoms with Crippen molar-refractivity contribution in [2.24, 2.45) is 0 Å². The van der Waals surface area contributed by atoms with Crippen molar-refractivity contribution in [3.8, 4) is 11.4 Å². The fraction of sp³-hybridized carbons (Fsp3) is 0.417. The van der Waals surface area contributed by atoms with Gasteiger partial charge in [-0.05, 0) is 48.9 Å². The SMILES string of the molecule is CCC(C)(C)n1nnnc1-c1cc(N)cc(F)c1. The van der Waals surface area contributed by atoms with Crippen molar-refractivity contribution >= 4 is 5.69 Å². The number of nitrogens with two attached hydrogens (primary N) is 1. The second-order valence-electron chi connectivity index (χ2n) is 4.85. The molecule has 0 unspecified atom stereocenters. The van der Waals surface area contributed by atoms with E-state index in [1.165, 1.54) is 12.1 Å². The van der Waals surface area contributed by atoms with E-state index in [-0.39, 0.29) is 5.54 Å². The van der Waals surface area contributed by atoms with E-state index < -0.39 is 5.82 Å². The third kappa shape index (κ3) is 2.18. The average Bonchev–Trinajstić information content (AvgIpc) is 2.77. The molecule has 0 fully saturated rings. The Hall–Kier alpha value is -1.98. The first kappa shape index (κ1) is 12.5. The molecule has 0 bridgehead atoms. The molecule has 2 rings (SSSR count). The van der Waals surface area contributed by atoms with Crippen LogP contribution in [0.25, 0.3) is 11.4 Å². The highest BCUT2D eigenvalue weighted by atomic mass is 19.1. The van der Waals surface area contributed by atoms with Crippen LogP contribution in [0.3, 0.4) is 0 Å². The molecule has 0 saturated carbocycles. The number of benzene rings is 1. The van der Waals surface area contributed by atoms with E-state index in [4.69, 9.17) is 5.73 Å². The Morgan fingerprint density at radius 1 is 1.33 bits per heavy atom. The average molecular weight is 249 g/mol. The van der Waals surface area contributed by atoms with E-state index in [1.807, 2.05) is 20.8 Å². The molecule has 0 saturated heterocycles. The summed E-state index contributed by atoms with van der Waals surface area (Å²) in [4.78, 5) is 0. The molecule has 96 valence electrons. The number of nitrogens with zero attached hydrogens (tertiary/aromatic N) is 4. The second kappa shape index (κ2) is 4.36. The number of tetrazole rings is 1. The molecule has 0 amide bonds. The minimum absolute atomic E-state index is 0.236. The number of aromatic nitrogens is 4. The van der Waals surface area contributed by atoms with Crippen molar-refractivity contribution in [1.29, 1.82) is 0 Å². The van der Waals surface area contributed by atoms with Gasteiger partial charge in [0, 0.05) is 11.3 Å². The summed E-state index contributed by atoms with van der Waals surface area (Å²) in [6.45, 7) is 6.09. The van der Waals surface area contributed by atoms with E-state index in [0.717, 1.165) is 6.42 Å². The van der Waals surface area contributed by atoms with Crippen molar-refractivity contribution in [2.45, 2.75) is 32.7 Å². The quantitative estimate of drug-likeness (QED) is 0.847. The summed E-state index contributed by atoms with van der Waals surface area (Å²) >= 11 is 0. The van der Waals surface area contributed by atoms with Gasteiger partial charge in [0.2, 0.25) is 0 Å². The topological polar surface area (TPSA) is 69.6 Å². The van der Waals surface area contributed by atoms with Crippen molar-refractivity contribution in [1.82, 2.24) is 20.2 Å². The Bertz CT molecular complexity index is 541. The van der Waals surface area contributed by atoms with Crippen LogP contribution in [0, 0.1) is 5.82 Å². The Balaban J connectivity index is 2.55. The molecule has 1 aromatic heterocycles. The molecule has 0 atom stereocenters. The molecule has 0 spiro atoms. The largest absolute Gasteiger partial charge is 0.399 e. The fourth-order valence-electron chi connectivity index (χ4n) is 1.67. The Morgan fingerprint density at radius 2 is 2.06 bits per heavy atom. The Morgan fingerprint density at radius 3 is 2.67 bits per heavy atom. The van der Waals surface area contributed by atoms with Gasteiger partial charge in [-0.1, -0.05) is 6.92 Å². The maximum atomic E-state index is 13.4. The molecule has 0 radical (unpaired) electrons. The summed E-state index contributed by atoms with van der Waals surface area (Å²) in [6.07, 6.45) is 0.857. The van der Waals surface area contributed by atoms with Crippen LogP contribution in [-0.2, 0) is 5.54 Å². The smallest absolute Gasteiger partial charge is 0.182 e. The van der Waals surface area contributed by atoms with Gasteiger partial charge in [-0.3, -0.25) is 0 Å². The summed E-state index contributed by atoms with van der Waals surface area (Å²) in [5.74, 6) is 0.127. The monoisotopic (exact) mass is 249 g/mol. The zero-order chi connectivity index (χ0) is 13.3. The summed E-state index contributed by atoms with van der Waals surface area (Å²) in [6, 6.07) is 4.31. The highest BCUT2D eigenvalue weighted by molar-refractivity contribution is 5.61. The van der Waals surface area contributed by atoms with Crippen LogP contribution >= 0.6 is 0 Å². The molecule has 0 aliphatic rings. The van der Waals surface area contributed by atoms with Gasteiger partial charge in [0.05, 0.1) is 5.54 Å². The Labute approximate surface area is 105 Å². The van der Waals surface area contributed by atoms with E-state index in [9.17, 15) is 4.39 Å². The second-order valence-corrected chi connectivity index (χ2v) is 4.85. The maximum absolute atomic E-state index is 13.4. The van der Waals surface area contributed by atoms with Crippen LogP contribution in [0.15, 0.2) is 18.2 Å². The Kier molecular flexibility index (Phi) is 3.02. The van der Waals surface area contributed by atoms with Gasteiger partial charge in [0.15, 0.2) is 5.82 Å². The molecule has 5 nitrogen and oxygen atoms in total. The van der Waals surface area contributed by atoms with Crippen molar-refractivity contribution < 1.29 is 4.39 Å². The number of anilines is 1. The third-order valence-electron chi connectivity index (χ3n) is 3.09. The molecule has 6 heteroatoms. The standard InChI is InChI=1S/C12H16FN5/c1-4-12(2,3)18-11(15-16-17-18)8-5-9(13)7-10(14)6-8/h5-7H,4,14H2,1-3H3. The van der Waals surface area contributed by atoms with Gasteiger partial charge >= 0.3 is 0 Å². The summed E-state index contributed by atoms with van der Waals surface area (Å²) < 4.78 is 15.1. The van der Waals surface area contributed by atoms with Gasteiger partial charge in [0.25, 0.3) is 0 Å². The maximum Gasteiger partial charge on any atom is 0.182 e. The predicted octanol–water partition coefficient (Wildman–Crippen LogP) is 2.21. The first-order chi connectivity index (χ1) is 8.44. The lowest BCUT2D eigenvalue weighted by molar-refractivity contribution is 0.304. The minimum Gasteiger partial charge on any atom is -0.399 e. The lowest BCUT2D eigenvalue weighted by Crippen LogP contribution is -2.27. The molecular weight excluding hydrogens is 233 g/mol. The predicted molar refractivity (Wildman–Crippen MR) is 67.2 cm³/mol. The molecule has 2 aromatic rings. The number of nitrogen functional groups attached to an aromatic ring is 1. The van der Waals surface area contributed by atoms with Crippen LogP contribution in [0.1, 0.15) is 27.2 Å². The van der Waals surface area contributed by atoms with Crippen LogP contribution in [0.4, 0.5) is 10.1 Å². The summed E-state index contributed by atoms with van der Waals surface area (Å²) in [7, 11) is 0. The number of rotatable bonds is 3. The van der Waals surface area contributed by atoms with Crippen LogP contribution in [0.5, 0.6) is 0 Å². The first-order valence-electron chi connectivity index (χ1n) is 5.79. The highest BCUT2D eigenvalue weighted by Gasteiger charge is 2.24. The molecule has 2 N–H and O–H groups in total. The van der Waals surface area contributed by atoms with Crippen LogP contribution in [0.2, 0.25) is 0 Å². The van der Waals surface area contributed by atoms with Crippen molar-refractivity contribution in [3.63, 3.8) is 0 Å².